The number of rotatable bonds is 7. The van der Waals surface area contributed by atoms with Crippen LogP contribution in [0.2, 0.25) is 0 Å². The van der Waals surface area contributed by atoms with Crippen molar-refractivity contribution in [2.45, 2.75) is 52.9 Å². The lowest BCUT2D eigenvalue weighted by Gasteiger charge is -1.96. The largest absolute Gasteiger partial charge is 0.152 e. The molecule has 0 aliphatic rings. The minimum absolute atomic E-state index is 1.25. The van der Waals surface area contributed by atoms with Gasteiger partial charge in [-0.1, -0.05) is 26.2 Å². The molecule has 4 rings (SSSR count). The Balaban J connectivity index is 0.000000176. The third-order valence-electron chi connectivity index (χ3n) is 4.57. The van der Waals surface area contributed by atoms with Crippen molar-refractivity contribution in [2.24, 2.45) is 0 Å². The molecule has 0 radical (unpaired) electrons. The van der Waals surface area contributed by atoms with Crippen molar-refractivity contribution in [1.82, 2.24) is 0 Å². The van der Waals surface area contributed by atoms with Gasteiger partial charge >= 0.3 is 0 Å². The van der Waals surface area contributed by atoms with Crippen LogP contribution in [0.3, 0.4) is 0 Å². The first-order chi connectivity index (χ1) is 13.7. The number of unbranched alkanes of at least 4 members (excludes halogenated alkanes) is 3. The van der Waals surface area contributed by atoms with Crippen LogP contribution < -0.4 is 0 Å². The first kappa shape index (κ1) is 21.5. The molecule has 28 heavy (non-hydrogen) atoms. The van der Waals surface area contributed by atoms with Gasteiger partial charge in [0.15, 0.2) is 0 Å². The molecule has 0 N–H and O–H groups in total. The molecule has 0 nitrogen and oxygen atoms in total. The quantitative estimate of drug-likeness (QED) is 0.249. The van der Waals surface area contributed by atoms with E-state index in [0.717, 1.165) is 0 Å². The Morgan fingerprint density at radius 1 is 0.714 bits per heavy atom. The molecular formula is C24H28S4. The van der Waals surface area contributed by atoms with E-state index in [0.29, 0.717) is 0 Å². The number of hydrogen-bond donors (Lipinski definition) is 0. The lowest BCUT2D eigenvalue weighted by atomic mass is 10.1. The monoisotopic (exact) mass is 444 g/mol. The summed E-state index contributed by atoms with van der Waals surface area (Å²) in [6.45, 7) is 6.58. The van der Waals surface area contributed by atoms with E-state index in [4.69, 9.17) is 0 Å². The van der Waals surface area contributed by atoms with Gasteiger partial charge in [-0.25, -0.2) is 0 Å². The van der Waals surface area contributed by atoms with Crippen LogP contribution in [0.5, 0.6) is 0 Å². The minimum Gasteiger partial charge on any atom is -0.152 e. The lowest BCUT2D eigenvalue weighted by molar-refractivity contribution is 0.667. The summed E-state index contributed by atoms with van der Waals surface area (Å²) >= 11 is 7.28. The summed E-state index contributed by atoms with van der Waals surface area (Å²) in [5.74, 6) is 0. The molecule has 0 aliphatic carbocycles. The zero-order chi connectivity index (χ0) is 19.8. The second-order valence-electron chi connectivity index (χ2n) is 7.03. The van der Waals surface area contributed by atoms with Crippen molar-refractivity contribution >= 4 is 45.3 Å². The van der Waals surface area contributed by atoms with Gasteiger partial charge in [0.2, 0.25) is 0 Å². The molecule has 0 aliphatic heterocycles. The molecule has 0 bridgehead atoms. The van der Waals surface area contributed by atoms with Gasteiger partial charge in [-0.05, 0) is 94.5 Å². The fourth-order valence-electron chi connectivity index (χ4n) is 3.01. The number of thiophene rings is 4. The predicted molar refractivity (Wildman–Crippen MR) is 133 cm³/mol. The van der Waals surface area contributed by atoms with E-state index in [1.54, 1.807) is 11.3 Å². The average molecular weight is 445 g/mol. The van der Waals surface area contributed by atoms with Gasteiger partial charge in [0.05, 0.1) is 0 Å². The Morgan fingerprint density at radius 2 is 1.46 bits per heavy atom. The highest BCUT2D eigenvalue weighted by molar-refractivity contribution is 7.14. The normalized spacial score (nSPS) is 10.7. The van der Waals surface area contributed by atoms with Gasteiger partial charge in [0, 0.05) is 20.2 Å². The highest BCUT2D eigenvalue weighted by Crippen LogP contribution is 2.31. The molecule has 0 fully saturated rings. The molecule has 0 aromatic carbocycles. The van der Waals surface area contributed by atoms with Crippen molar-refractivity contribution in [3.8, 4) is 21.6 Å². The van der Waals surface area contributed by atoms with E-state index in [2.05, 4.69) is 71.9 Å². The molecule has 0 saturated carbocycles. The smallest absolute Gasteiger partial charge is 0.0353 e. The molecule has 0 saturated heterocycles. The van der Waals surface area contributed by atoms with Gasteiger partial charge in [0.1, 0.15) is 0 Å². The molecule has 0 amide bonds. The average Bonchev–Trinajstić information content (AvgIpc) is 3.46. The fraction of sp³-hybridized carbons (Fsp3) is 0.333. The van der Waals surface area contributed by atoms with Crippen LogP contribution in [0, 0.1) is 13.8 Å². The topological polar surface area (TPSA) is 0 Å². The van der Waals surface area contributed by atoms with Crippen LogP contribution in [-0.4, -0.2) is 0 Å². The predicted octanol–water partition coefficient (Wildman–Crippen LogP) is 9.69. The standard InChI is InChI=1S/C15H20S2.C9H8S2/c1-3-4-5-6-7-13-9-15(17-10-13)14-8-12(2)16-11-14;1-7-4-9(6-11-7)8-2-3-10-5-8/h8-11H,3-7H2,1-2H3;2-6H,1H3. The zero-order valence-corrected chi connectivity index (χ0v) is 20.1. The molecule has 4 heteroatoms. The van der Waals surface area contributed by atoms with Crippen LogP contribution >= 0.6 is 45.3 Å². The molecule has 4 aromatic rings. The zero-order valence-electron chi connectivity index (χ0n) is 16.9. The van der Waals surface area contributed by atoms with Gasteiger partial charge < -0.3 is 0 Å². The Kier molecular flexibility index (Phi) is 8.53. The third-order valence-corrected chi connectivity index (χ3v) is 8.01. The molecule has 4 heterocycles. The summed E-state index contributed by atoms with van der Waals surface area (Å²) in [7, 11) is 0. The maximum atomic E-state index is 2.37. The summed E-state index contributed by atoms with van der Waals surface area (Å²) in [6.07, 6.45) is 6.66. The second kappa shape index (κ2) is 11.1. The van der Waals surface area contributed by atoms with E-state index in [1.165, 1.54) is 69.0 Å². The summed E-state index contributed by atoms with van der Waals surface area (Å²) in [6, 6.07) is 9.05. The van der Waals surface area contributed by atoms with Crippen LogP contribution in [0.15, 0.2) is 51.2 Å². The second-order valence-corrected chi connectivity index (χ2v) is 11.0. The molecular weight excluding hydrogens is 417 g/mol. The summed E-state index contributed by atoms with van der Waals surface area (Å²) in [5.41, 5.74) is 5.62. The van der Waals surface area contributed by atoms with Crippen molar-refractivity contribution in [3.63, 3.8) is 0 Å². The molecule has 0 unspecified atom stereocenters. The van der Waals surface area contributed by atoms with E-state index >= 15 is 0 Å². The van der Waals surface area contributed by atoms with Crippen molar-refractivity contribution in [1.29, 1.82) is 0 Å². The third kappa shape index (κ3) is 6.41. The Hall–Kier alpha value is -1.20. The van der Waals surface area contributed by atoms with Crippen LogP contribution in [0.4, 0.5) is 0 Å². The summed E-state index contributed by atoms with van der Waals surface area (Å²) in [5, 5.41) is 11.1. The lowest BCUT2D eigenvalue weighted by Crippen LogP contribution is -1.82. The first-order valence-corrected chi connectivity index (χ1v) is 13.4. The summed E-state index contributed by atoms with van der Waals surface area (Å²) < 4.78 is 0. The highest BCUT2D eigenvalue weighted by atomic mass is 32.1. The van der Waals surface area contributed by atoms with E-state index < -0.39 is 0 Å². The Morgan fingerprint density at radius 3 is 2.07 bits per heavy atom. The van der Waals surface area contributed by atoms with E-state index in [1.807, 2.05) is 34.0 Å². The van der Waals surface area contributed by atoms with Crippen LogP contribution in [0.25, 0.3) is 21.6 Å². The van der Waals surface area contributed by atoms with E-state index in [9.17, 15) is 0 Å². The molecule has 0 spiro atoms. The van der Waals surface area contributed by atoms with Crippen molar-refractivity contribution < 1.29 is 0 Å². The van der Waals surface area contributed by atoms with Gasteiger partial charge in [-0.15, -0.1) is 34.0 Å². The summed E-state index contributed by atoms with van der Waals surface area (Å²) in [4.78, 5) is 4.21. The Labute approximate surface area is 185 Å². The van der Waals surface area contributed by atoms with Crippen LogP contribution in [0.1, 0.15) is 47.9 Å². The minimum atomic E-state index is 1.25. The number of hydrogen-bond acceptors (Lipinski definition) is 4. The fourth-order valence-corrected chi connectivity index (χ4v) is 6.10. The van der Waals surface area contributed by atoms with Gasteiger partial charge in [0.25, 0.3) is 0 Å². The molecule has 148 valence electrons. The number of aryl methyl sites for hydroxylation is 3. The maximum Gasteiger partial charge on any atom is 0.0353 e. The van der Waals surface area contributed by atoms with Gasteiger partial charge in [-0.2, -0.15) is 11.3 Å². The van der Waals surface area contributed by atoms with Crippen molar-refractivity contribution in [3.05, 3.63) is 66.5 Å². The van der Waals surface area contributed by atoms with E-state index in [-0.39, 0.29) is 0 Å². The molecule has 4 aromatic heterocycles. The van der Waals surface area contributed by atoms with Crippen molar-refractivity contribution in [2.75, 3.05) is 0 Å². The molecule has 0 atom stereocenters. The van der Waals surface area contributed by atoms with Gasteiger partial charge in [-0.3, -0.25) is 0 Å². The first-order valence-electron chi connectivity index (χ1n) is 9.86. The Bertz CT molecular complexity index is 937. The maximum absolute atomic E-state index is 2.37. The highest BCUT2D eigenvalue weighted by Gasteiger charge is 2.04. The van der Waals surface area contributed by atoms with Crippen LogP contribution in [-0.2, 0) is 6.42 Å². The SMILES string of the molecule is CCCCCCc1csc(-c2csc(C)c2)c1.Cc1cc(-c2ccsc2)cs1.